The van der Waals surface area contributed by atoms with Crippen LogP contribution in [0.3, 0.4) is 0 Å². The number of aliphatic hydroxyl groups excluding tert-OH is 2. The molecule has 2 bridgehead atoms. The third-order valence-corrected chi connectivity index (χ3v) is 6.84. The number of likely N-dealkylation sites (tertiary alicyclic amines) is 1. The summed E-state index contributed by atoms with van der Waals surface area (Å²) in [6.07, 6.45) is 3.54. The highest BCUT2D eigenvalue weighted by Gasteiger charge is 2.65. The van der Waals surface area contributed by atoms with Gasteiger partial charge in [0.1, 0.15) is 11.9 Å². The molecule has 1 saturated carbocycles. The van der Waals surface area contributed by atoms with Crippen LogP contribution in [0.2, 0.25) is 0 Å². The molecule has 2 aliphatic carbocycles. The first kappa shape index (κ1) is 13.3. The minimum Gasteiger partial charge on any atom is -0.486 e. The predicted octanol–water partition coefficient (Wildman–Crippen LogP) is 1.21. The largest absolute Gasteiger partial charge is 0.486 e. The smallest absolute Gasteiger partial charge is 0.135 e. The Kier molecular flexibility index (Phi) is 2.58. The van der Waals surface area contributed by atoms with Crippen LogP contribution < -0.4 is 4.74 Å². The number of nitrogens with zero attached hydrogens (tertiary/aromatic N) is 1. The number of hydrogen-bond donors (Lipinski definition) is 2. The summed E-state index contributed by atoms with van der Waals surface area (Å²) in [7, 11) is 2.24. The Morgan fingerprint density at radius 2 is 2.23 bits per heavy atom. The summed E-state index contributed by atoms with van der Waals surface area (Å²) in [6.45, 7) is 1.07. The van der Waals surface area contributed by atoms with Gasteiger partial charge in [0, 0.05) is 22.6 Å². The lowest BCUT2D eigenvalue weighted by atomic mass is 9.51. The van der Waals surface area contributed by atoms with E-state index >= 15 is 0 Å². The maximum atomic E-state index is 10.6. The first-order chi connectivity index (χ1) is 10.7. The van der Waals surface area contributed by atoms with Crippen molar-refractivity contribution in [2.45, 2.75) is 56.0 Å². The maximum Gasteiger partial charge on any atom is 0.135 e. The molecule has 2 heterocycles. The van der Waals surface area contributed by atoms with E-state index in [1.54, 1.807) is 0 Å². The number of rotatable bonds is 1. The van der Waals surface area contributed by atoms with Gasteiger partial charge in [-0.2, -0.15) is 0 Å². The molecule has 1 aromatic rings. The zero-order valence-electron chi connectivity index (χ0n) is 13.0. The van der Waals surface area contributed by atoms with E-state index in [0.717, 1.165) is 43.5 Å². The van der Waals surface area contributed by atoms with Gasteiger partial charge in [0.05, 0.1) is 12.7 Å². The third kappa shape index (κ3) is 1.35. The quantitative estimate of drug-likeness (QED) is 0.819. The van der Waals surface area contributed by atoms with Crippen molar-refractivity contribution in [1.82, 2.24) is 4.90 Å². The van der Waals surface area contributed by atoms with E-state index in [4.69, 9.17) is 4.74 Å². The summed E-state index contributed by atoms with van der Waals surface area (Å²) < 4.78 is 6.32. The molecule has 118 valence electrons. The van der Waals surface area contributed by atoms with Crippen LogP contribution >= 0.6 is 0 Å². The molecule has 2 N–H and O–H groups in total. The van der Waals surface area contributed by atoms with Crippen molar-refractivity contribution >= 4 is 0 Å². The van der Waals surface area contributed by atoms with Crippen LogP contribution in [-0.2, 0) is 18.4 Å². The Morgan fingerprint density at radius 1 is 1.36 bits per heavy atom. The highest BCUT2D eigenvalue weighted by Crippen LogP contribution is 2.62. The average Bonchev–Trinajstić information content (AvgIpc) is 2.88. The molecule has 0 amide bonds. The van der Waals surface area contributed by atoms with Gasteiger partial charge in [0.15, 0.2) is 0 Å². The fourth-order valence-corrected chi connectivity index (χ4v) is 5.90. The molecule has 2 aliphatic heterocycles. The molecule has 1 spiro atoms. The van der Waals surface area contributed by atoms with Crippen LogP contribution in [0.5, 0.6) is 5.75 Å². The van der Waals surface area contributed by atoms with Gasteiger partial charge in [-0.05, 0) is 50.8 Å². The standard InChI is InChI=1S/C18H23NO3/c1-19-7-6-18-12-4-5-14(21)17(18)22-16-11(9-20)3-2-10(15(16)18)8-13(12)19/h2-3,12-14,17,20-21H,4-9H2,1H3/t12-,13+,14-,17?,18?/m0/s1. The van der Waals surface area contributed by atoms with Gasteiger partial charge in [-0.15, -0.1) is 0 Å². The molecule has 5 atom stereocenters. The second-order valence-electron chi connectivity index (χ2n) is 7.58. The van der Waals surface area contributed by atoms with Crippen molar-refractivity contribution in [1.29, 1.82) is 0 Å². The number of aliphatic hydroxyl groups is 2. The van der Waals surface area contributed by atoms with E-state index in [2.05, 4.69) is 18.0 Å². The van der Waals surface area contributed by atoms with E-state index < -0.39 is 0 Å². The third-order valence-electron chi connectivity index (χ3n) is 6.84. The summed E-state index contributed by atoms with van der Waals surface area (Å²) in [5.41, 5.74) is 3.56. The topological polar surface area (TPSA) is 52.9 Å². The molecule has 4 aliphatic rings. The highest BCUT2D eigenvalue weighted by atomic mass is 16.5. The number of likely N-dealkylation sites (N-methyl/N-ethyl adjacent to an activating group) is 1. The minimum atomic E-state index is -0.384. The van der Waals surface area contributed by atoms with Crippen LogP contribution in [0, 0.1) is 5.92 Å². The fraction of sp³-hybridized carbons (Fsp3) is 0.667. The molecule has 5 rings (SSSR count). The van der Waals surface area contributed by atoms with Crippen molar-refractivity contribution in [3.05, 3.63) is 28.8 Å². The SMILES string of the molecule is CN1CCC23c4c5ccc(CO)c4OC2[C@@H](O)CC[C@H]3[C@H]1C5. The van der Waals surface area contributed by atoms with Gasteiger partial charge in [0.2, 0.25) is 0 Å². The summed E-state index contributed by atoms with van der Waals surface area (Å²) in [4.78, 5) is 2.51. The molecule has 0 aromatic heterocycles. The van der Waals surface area contributed by atoms with E-state index in [9.17, 15) is 10.2 Å². The zero-order valence-corrected chi connectivity index (χ0v) is 13.0. The Hall–Kier alpha value is -1.10. The van der Waals surface area contributed by atoms with Crippen molar-refractivity contribution in [3.8, 4) is 5.75 Å². The first-order valence-corrected chi connectivity index (χ1v) is 8.48. The van der Waals surface area contributed by atoms with E-state index in [0.29, 0.717) is 12.0 Å². The van der Waals surface area contributed by atoms with Gasteiger partial charge in [-0.25, -0.2) is 0 Å². The number of ether oxygens (including phenoxy) is 1. The van der Waals surface area contributed by atoms with Crippen LogP contribution in [0.4, 0.5) is 0 Å². The van der Waals surface area contributed by atoms with Gasteiger partial charge in [-0.3, -0.25) is 0 Å². The Labute approximate surface area is 130 Å². The predicted molar refractivity (Wildman–Crippen MR) is 81.9 cm³/mol. The molecule has 0 radical (unpaired) electrons. The summed E-state index contributed by atoms with van der Waals surface area (Å²) >= 11 is 0. The lowest BCUT2D eigenvalue weighted by Gasteiger charge is -2.58. The van der Waals surface area contributed by atoms with Crippen molar-refractivity contribution < 1.29 is 14.9 Å². The van der Waals surface area contributed by atoms with E-state index in [-0.39, 0.29) is 24.2 Å². The molecule has 22 heavy (non-hydrogen) atoms. The second-order valence-corrected chi connectivity index (χ2v) is 7.58. The first-order valence-electron chi connectivity index (χ1n) is 8.48. The maximum absolute atomic E-state index is 10.6. The van der Waals surface area contributed by atoms with E-state index in [1.807, 2.05) is 6.07 Å². The average molecular weight is 301 g/mol. The second kappa shape index (κ2) is 4.25. The lowest BCUT2D eigenvalue weighted by Crippen LogP contribution is -2.66. The highest BCUT2D eigenvalue weighted by molar-refractivity contribution is 5.58. The molecule has 1 aromatic carbocycles. The molecular weight excluding hydrogens is 278 g/mol. The zero-order chi connectivity index (χ0) is 15.1. The summed E-state index contributed by atoms with van der Waals surface area (Å²) in [5, 5.41) is 20.3. The van der Waals surface area contributed by atoms with Crippen LogP contribution in [-0.4, -0.2) is 47.0 Å². The minimum absolute atomic E-state index is 0.00943. The fourth-order valence-electron chi connectivity index (χ4n) is 5.90. The molecule has 4 heteroatoms. The Morgan fingerprint density at radius 3 is 3.05 bits per heavy atom. The van der Waals surface area contributed by atoms with Crippen molar-refractivity contribution in [3.63, 3.8) is 0 Å². The molecule has 1 saturated heterocycles. The Bertz CT molecular complexity index is 645. The summed E-state index contributed by atoms with van der Waals surface area (Å²) in [6, 6.07) is 4.75. The molecule has 2 fully saturated rings. The van der Waals surface area contributed by atoms with Crippen molar-refractivity contribution in [2.75, 3.05) is 13.6 Å². The van der Waals surface area contributed by atoms with E-state index in [1.165, 1.54) is 11.1 Å². The molecule has 4 nitrogen and oxygen atoms in total. The van der Waals surface area contributed by atoms with Gasteiger partial charge < -0.3 is 19.8 Å². The van der Waals surface area contributed by atoms with Crippen LogP contribution in [0.25, 0.3) is 0 Å². The Balaban J connectivity index is 1.80. The molecular formula is C18H23NO3. The lowest BCUT2D eigenvalue weighted by molar-refractivity contribution is -0.0993. The number of hydrogen-bond acceptors (Lipinski definition) is 4. The monoisotopic (exact) mass is 301 g/mol. The normalized spacial score (nSPS) is 42.0. The van der Waals surface area contributed by atoms with Crippen LogP contribution in [0.1, 0.15) is 36.0 Å². The van der Waals surface area contributed by atoms with Gasteiger partial charge in [-0.1, -0.05) is 12.1 Å². The van der Waals surface area contributed by atoms with Gasteiger partial charge >= 0.3 is 0 Å². The van der Waals surface area contributed by atoms with Crippen molar-refractivity contribution in [2.24, 2.45) is 5.92 Å². The number of piperidine rings is 1. The number of benzene rings is 1. The summed E-state index contributed by atoms with van der Waals surface area (Å²) in [5.74, 6) is 1.46. The van der Waals surface area contributed by atoms with Crippen LogP contribution in [0.15, 0.2) is 12.1 Å². The molecule has 2 unspecified atom stereocenters. The van der Waals surface area contributed by atoms with Gasteiger partial charge in [0.25, 0.3) is 0 Å².